The summed E-state index contributed by atoms with van der Waals surface area (Å²) in [6.45, 7) is 8.55. The van der Waals surface area contributed by atoms with Crippen LogP contribution in [-0.4, -0.2) is 40.0 Å². The summed E-state index contributed by atoms with van der Waals surface area (Å²) < 4.78 is 13.5. The van der Waals surface area contributed by atoms with Crippen LogP contribution >= 0.6 is 24.0 Å². The number of rotatable bonds is 7. The van der Waals surface area contributed by atoms with Crippen LogP contribution in [0.5, 0.6) is 11.5 Å². The van der Waals surface area contributed by atoms with Gasteiger partial charge in [-0.1, -0.05) is 0 Å². The van der Waals surface area contributed by atoms with Crippen LogP contribution in [0.25, 0.3) is 0 Å². The van der Waals surface area contributed by atoms with Gasteiger partial charge in [-0.15, -0.1) is 24.0 Å². The van der Waals surface area contributed by atoms with Crippen molar-refractivity contribution in [3.05, 3.63) is 35.4 Å². The Kier molecular flexibility index (Phi) is 8.34. The first-order chi connectivity index (χ1) is 13.1. The first kappa shape index (κ1) is 22.3. The minimum Gasteiger partial charge on any atom is -0.494 e. The molecule has 1 aromatic heterocycles. The van der Waals surface area contributed by atoms with Crippen molar-refractivity contribution in [2.24, 2.45) is 12.0 Å². The van der Waals surface area contributed by atoms with Crippen LogP contribution in [0, 0.1) is 0 Å². The Morgan fingerprint density at radius 3 is 2.86 bits per heavy atom. The molecule has 1 aliphatic rings. The smallest absolute Gasteiger partial charge is 0.191 e. The molecule has 28 heavy (non-hydrogen) atoms. The maximum Gasteiger partial charge on any atom is 0.191 e. The second kappa shape index (κ2) is 10.5. The number of hydrogen-bond donors (Lipinski definition) is 2. The highest BCUT2D eigenvalue weighted by atomic mass is 127. The van der Waals surface area contributed by atoms with Crippen LogP contribution < -0.4 is 20.1 Å². The number of aryl methyl sites for hydroxylation is 1. The number of guanidine groups is 1. The number of benzene rings is 1. The largest absolute Gasteiger partial charge is 0.494 e. The number of aliphatic imine (C=N–C) groups is 1. The second-order valence-electron chi connectivity index (χ2n) is 6.48. The number of aromatic nitrogens is 3. The van der Waals surface area contributed by atoms with Crippen molar-refractivity contribution in [2.75, 3.05) is 13.2 Å². The zero-order valence-electron chi connectivity index (χ0n) is 16.9. The van der Waals surface area contributed by atoms with Crippen molar-refractivity contribution < 1.29 is 9.47 Å². The molecule has 154 valence electrons. The lowest BCUT2D eigenvalue weighted by Gasteiger charge is -2.13. The lowest BCUT2D eigenvalue weighted by Crippen LogP contribution is -2.37. The quantitative estimate of drug-likeness (QED) is 0.345. The molecule has 0 saturated carbocycles. The average Bonchev–Trinajstić information content (AvgIpc) is 3.21. The zero-order chi connectivity index (χ0) is 19.2. The number of fused-ring (bicyclic) bond motifs is 1. The van der Waals surface area contributed by atoms with Crippen LogP contribution in [0.2, 0.25) is 0 Å². The van der Waals surface area contributed by atoms with Crippen LogP contribution in [0.4, 0.5) is 0 Å². The van der Waals surface area contributed by atoms with E-state index in [4.69, 9.17) is 14.5 Å². The molecule has 0 bridgehead atoms. The SMILES string of the molecule is CCNC(=NCc1cc2c(cc1OCC)CC(C)O2)NCc1ncnn1C.I. The lowest BCUT2D eigenvalue weighted by molar-refractivity contribution is 0.254. The van der Waals surface area contributed by atoms with Gasteiger partial charge in [-0.3, -0.25) is 4.68 Å². The Bertz CT molecular complexity index is 808. The van der Waals surface area contributed by atoms with E-state index in [9.17, 15) is 0 Å². The molecule has 2 N–H and O–H groups in total. The normalized spacial score (nSPS) is 15.4. The highest BCUT2D eigenvalue weighted by Crippen LogP contribution is 2.35. The van der Waals surface area contributed by atoms with Gasteiger partial charge in [-0.25, -0.2) is 9.98 Å². The molecule has 3 rings (SSSR count). The van der Waals surface area contributed by atoms with Crippen LogP contribution in [0.1, 0.15) is 37.7 Å². The minimum absolute atomic E-state index is 0. The van der Waals surface area contributed by atoms with Crippen molar-refractivity contribution in [1.29, 1.82) is 0 Å². The minimum atomic E-state index is 0. The Morgan fingerprint density at radius 1 is 1.36 bits per heavy atom. The summed E-state index contributed by atoms with van der Waals surface area (Å²) in [5.41, 5.74) is 2.21. The Balaban J connectivity index is 0.00000280. The molecule has 0 radical (unpaired) electrons. The number of ether oxygens (including phenoxy) is 2. The number of halogens is 1. The predicted octanol–water partition coefficient (Wildman–Crippen LogP) is 2.41. The second-order valence-corrected chi connectivity index (χ2v) is 6.48. The molecule has 2 aromatic rings. The fraction of sp³-hybridized carbons (Fsp3) is 0.526. The predicted molar refractivity (Wildman–Crippen MR) is 119 cm³/mol. The number of hydrogen-bond acceptors (Lipinski definition) is 5. The van der Waals surface area contributed by atoms with Crippen LogP contribution in [0.15, 0.2) is 23.5 Å². The average molecular weight is 500 g/mol. The summed E-state index contributed by atoms with van der Waals surface area (Å²) in [5.74, 6) is 3.38. The van der Waals surface area contributed by atoms with Gasteiger partial charge >= 0.3 is 0 Å². The molecule has 2 heterocycles. The van der Waals surface area contributed by atoms with Crippen molar-refractivity contribution in [1.82, 2.24) is 25.4 Å². The van der Waals surface area contributed by atoms with E-state index in [0.29, 0.717) is 19.7 Å². The molecular weight excluding hydrogens is 471 g/mol. The summed E-state index contributed by atoms with van der Waals surface area (Å²) in [4.78, 5) is 8.92. The fourth-order valence-electron chi connectivity index (χ4n) is 3.04. The van der Waals surface area contributed by atoms with Crippen LogP contribution in [0.3, 0.4) is 0 Å². The van der Waals surface area contributed by atoms with Gasteiger partial charge in [-0.2, -0.15) is 5.10 Å². The van der Waals surface area contributed by atoms with Crippen LogP contribution in [-0.2, 0) is 26.6 Å². The maximum atomic E-state index is 5.89. The van der Waals surface area contributed by atoms with E-state index >= 15 is 0 Å². The molecule has 0 saturated heterocycles. The monoisotopic (exact) mass is 500 g/mol. The number of nitrogens with zero attached hydrogens (tertiary/aromatic N) is 4. The molecule has 9 heteroatoms. The Labute approximate surface area is 183 Å². The first-order valence-electron chi connectivity index (χ1n) is 9.41. The Hall–Kier alpha value is -2.04. The van der Waals surface area contributed by atoms with Gasteiger partial charge < -0.3 is 20.1 Å². The molecule has 1 atom stereocenters. The van der Waals surface area contributed by atoms with Crippen molar-refractivity contribution in [3.63, 3.8) is 0 Å². The highest BCUT2D eigenvalue weighted by molar-refractivity contribution is 14.0. The topological polar surface area (TPSA) is 85.6 Å². The van der Waals surface area contributed by atoms with E-state index in [1.807, 2.05) is 20.9 Å². The molecule has 1 aromatic carbocycles. The van der Waals surface area contributed by atoms with E-state index in [2.05, 4.69) is 39.8 Å². The summed E-state index contributed by atoms with van der Waals surface area (Å²) >= 11 is 0. The van der Waals surface area contributed by atoms with Crippen molar-refractivity contribution in [2.45, 2.75) is 46.4 Å². The lowest BCUT2D eigenvalue weighted by atomic mass is 10.1. The molecular formula is C19H29IN6O2. The molecule has 0 fully saturated rings. The first-order valence-corrected chi connectivity index (χ1v) is 9.41. The summed E-state index contributed by atoms with van der Waals surface area (Å²) in [7, 11) is 1.87. The fourth-order valence-corrected chi connectivity index (χ4v) is 3.04. The van der Waals surface area contributed by atoms with E-state index in [1.165, 1.54) is 5.56 Å². The maximum absolute atomic E-state index is 5.89. The van der Waals surface area contributed by atoms with Gasteiger partial charge in [0.2, 0.25) is 0 Å². The summed E-state index contributed by atoms with van der Waals surface area (Å²) in [6, 6.07) is 4.15. The third-order valence-corrected chi connectivity index (χ3v) is 4.35. The van der Waals surface area contributed by atoms with Gasteiger partial charge in [0.15, 0.2) is 5.96 Å². The molecule has 0 spiro atoms. The Morgan fingerprint density at radius 2 is 2.18 bits per heavy atom. The van der Waals surface area contributed by atoms with Crippen molar-refractivity contribution in [3.8, 4) is 11.5 Å². The van der Waals surface area contributed by atoms with Gasteiger partial charge in [-0.05, 0) is 32.9 Å². The summed E-state index contributed by atoms with van der Waals surface area (Å²) in [6.07, 6.45) is 2.67. The molecule has 0 amide bonds. The molecule has 8 nitrogen and oxygen atoms in total. The van der Waals surface area contributed by atoms with Gasteiger partial charge in [0, 0.05) is 31.1 Å². The van der Waals surface area contributed by atoms with Gasteiger partial charge in [0.1, 0.15) is 29.8 Å². The van der Waals surface area contributed by atoms with E-state index in [1.54, 1.807) is 11.0 Å². The molecule has 1 unspecified atom stereocenters. The third kappa shape index (κ3) is 5.49. The molecule has 1 aliphatic heterocycles. The molecule has 0 aliphatic carbocycles. The van der Waals surface area contributed by atoms with E-state index in [0.717, 1.165) is 41.8 Å². The summed E-state index contributed by atoms with van der Waals surface area (Å²) in [5, 5.41) is 10.6. The standard InChI is InChI=1S/C19H28N6O2.HI/c1-5-20-19(22-11-18-23-12-24-25(18)4)21-10-15-9-17-14(7-13(3)27-17)8-16(15)26-6-2;/h8-9,12-13H,5-7,10-11H2,1-4H3,(H2,20,21,22);1H. The number of nitrogens with one attached hydrogen (secondary N) is 2. The van der Waals surface area contributed by atoms with Gasteiger partial charge in [0.05, 0.1) is 19.7 Å². The highest BCUT2D eigenvalue weighted by Gasteiger charge is 2.21. The third-order valence-electron chi connectivity index (χ3n) is 4.35. The van der Waals surface area contributed by atoms with E-state index in [-0.39, 0.29) is 30.1 Å². The van der Waals surface area contributed by atoms with Crippen molar-refractivity contribution >= 4 is 29.9 Å². The zero-order valence-corrected chi connectivity index (χ0v) is 19.2. The van der Waals surface area contributed by atoms with E-state index < -0.39 is 0 Å². The van der Waals surface area contributed by atoms with Gasteiger partial charge in [0.25, 0.3) is 0 Å².